The van der Waals surface area contributed by atoms with E-state index in [1.54, 1.807) is 0 Å². The van der Waals surface area contributed by atoms with Gasteiger partial charge in [-0.1, -0.05) is 0 Å². The Hall–Kier alpha value is -0.420. The van der Waals surface area contributed by atoms with Gasteiger partial charge in [0.25, 0.3) is 0 Å². The van der Waals surface area contributed by atoms with Crippen LogP contribution in [0.25, 0.3) is 0 Å². The van der Waals surface area contributed by atoms with Crippen LogP contribution in [0.2, 0.25) is 0 Å². The van der Waals surface area contributed by atoms with Crippen molar-refractivity contribution < 1.29 is 14.6 Å². The van der Waals surface area contributed by atoms with Gasteiger partial charge in [-0.25, -0.2) is 4.79 Å². The molecule has 0 aromatic carbocycles. The van der Waals surface area contributed by atoms with Gasteiger partial charge in [-0.05, 0) is 45.4 Å². The number of carbonyl (C=O) groups excluding carboxylic acids is 1. The number of aliphatic hydroxyl groups excluding tert-OH is 1. The fraction of sp³-hybridized carbons (Fsp3) is 0.909. The normalized spacial score (nSPS) is 31.1. The van der Waals surface area contributed by atoms with Crippen molar-refractivity contribution in [2.75, 3.05) is 0 Å². The first-order valence-electron chi connectivity index (χ1n) is 5.65. The Morgan fingerprint density at radius 2 is 2.19 bits per heavy atom. The van der Waals surface area contributed by atoms with Gasteiger partial charge in [-0.15, -0.1) is 0 Å². The summed E-state index contributed by atoms with van der Waals surface area (Å²) >= 11 is 4.31. The van der Waals surface area contributed by atoms with Crippen LogP contribution in [0.15, 0.2) is 0 Å². The molecule has 16 heavy (non-hydrogen) atoms. The third kappa shape index (κ3) is 4.22. The Morgan fingerprint density at radius 1 is 1.56 bits per heavy atom. The number of rotatable bonds is 3. The molecule has 0 saturated heterocycles. The van der Waals surface area contributed by atoms with Crippen molar-refractivity contribution in [3.8, 4) is 0 Å². The van der Waals surface area contributed by atoms with E-state index in [1.807, 2.05) is 13.8 Å². The first kappa shape index (κ1) is 13.6. The summed E-state index contributed by atoms with van der Waals surface area (Å²) < 4.78 is 5.04. The van der Waals surface area contributed by atoms with Gasteiger partial charge in [-0.2, -0.15) is 12.6 Å². The van der Waals surface area contributed by atoms with Crippen molar-refractivity contribution in [1.29, 1.82) is 0 Å². The fourth-order valence-electron chi connectivity index (χ4n) is 2.41. The van der Waals surface area contributed by atoms with Gasteiger partial charge in [0, 0.05) is 5.25 Å². The highest BCUT2D eigenvalue weighted by Crippen LogP contribution is 2.34. The number of carbonyl (C=O) groups is 1. The van der Waals surface area contributed by atoms with Crippen LogP contribution in [0.4, 0.5) is 4.79 Å². The Bertz CT molecular complexity index is 258. The van der Waals surface area contributed by atoms with Crippen molar-refractivity contribution >= 4 is 18.7 Å². The molecular weight excluding hydrogens is 226 g/mol. The zero-order valence-electron chi connectivity index (χ0n) is 9.85. The van der Waals surface area contributed by atoms with Crippen LogP contribution >= 0.6 is 12.6 Å². The van der Waals surface area contributed by atoms with E-state index in [0.717, 1.165) is 25.7 Å². The summed E-state index contributed by atoms with van der Waals surface area (Å²) in [6.45, 7) is 3.69. The van der Waals surface area contributed by atoms with Crippen LogP contribution in [0.1, 0.15) is 39.5 Å². The maximum absolute atomic E-state index is 10.7. The van der Waals surface area contributed by atoms with Crippen molar-refractivity contribution in [2.45, 2.75) is 56.5 Å². The van der Waals surface area contributed by atoms with Gasteiger partial charge in [0.05, 0.1) is 6.10 Å². The summed E-state index contributed by atoms with van der Waals surface area (Å²) in [7, 11) is 0. The second-order valence-electron chi connectivity index (χ2n) is 5.20. The van der Waals surface area contributed by atoms with Crippen LogP contribution < -0.4 is 5.73 Å². The highest BCUT2D eigenvalue weighted by molar-refractivity contribution is 7.81. The molecule has 1 aliphatic rings. The maximum Gasteiger partial charge on any atom is 0.405 e. The molecule has 1 amide bonds. The molecule has 0 radical (unpaired) electrons. The molecule has 94 valence electrons. The van der Waals surface area contributed by atoms with E-state index in [1.165, 1.54) is 0 Å². The van der Waals surface area contributed by atoms with E-state index >= 15 is 0 Å². The molecule has 0 aromatic rings. The SMILES string of the molecule is CC(C)(C[C@@H]1CC[C@@H](S)[C@H](O)C1)OC(N)=O. The second-order valence-corrected chi connectivity index (χ2v) is 5.86. The third-order valence-electron chi connectivity index (χ3n) is 3.05. The van der Waals surface area contributed by atoms with Crippen LogP contribution in [0, 0.1) is 5.92 Å². The van der Waals surface area contributed by atoms with Gasteiger partial charge >= 0.3 is 6.09 Å². The lowest BCUT2D eigenvalue weighted by molar-refractivity contribution is 0.0106. The lowest BCUT2D eigenvalue weighted by atomic mass is 9.80. The molecule has 3 atom stereocenters. The number of nitrogens with two attached hydrogens (primary N) is 1. The zero-order valence-corrected chi connectivity index (χ0v) is 10.7. The van der Waals surface area contributed by atoms with Crippen molar-refractivity contribution in [2.24, 2.45) is 11.7 Å². The number of amides is 1. The average molecular weight is 247 g/mol. The van der Waals surface area contributed by atoms with Gasteiger partial charge in [-0.3, -0.25) is 0 Å². The topological polar surface area (TPSA) is 72.6 Å². The molecule has 4 nitrogen and oxygen atoms in total. The molecule has 5 heteroatoms. The molecule has 0 unspecified atom stereocenters. The summed E-state index contributed by atoms with van der Waals surface area (Å²) in [5.41, 5.74) is 4.45. The molecule has 0 heterocycles. The maximum atomic E-state index is 10.7. The molecule has 1 rings (SSSR count). The predicted molar refractivity (Wildman–Crippen MR) is 65.5 cm³/mol. The standard InChI is InChI=1S/C11H21NO3S/c1-11(2,15-10(12)14)6-7-3-4-9(16)8(13)5-7/h7-9,13,16H,3-6H2,1-2H3,(H2,12,14)/t7-,8-,9-/m1/s1. The van der Waals surface area contributed by atoms with Crippen LogP contribution in [0.5, 0.6) is 0 Å². The molecule has 0 aromatic heterocycles. The molecular formula is C11H21NO3S. The minimum atomic E-state index is -0.742. The van der Waals surface area contributed by atoms with Gasteiger partial charge in [0.2, 0.25) is 0 Å². The van der Waals surface area contributed by atoms with E-state index in [4.69, 9.17) is 10.5 Å². The Balaban J connectivity index is 2.45. The Labute approximate surface area is 102 Å². The van der Waals surface area contributed by atoms with E-state index in [9.17, 15) is 9.90 Å². The number of hydrogen-bond donors (Lipinski definition) is 3. The number of ether oxygens (including phenoxy) is 1. The number of primary amides is 1. The van der Waals surface area contributed by atoms with E-state index < -0.39 is 11.7 Å². The van der Waals surface area contributed by atoms with Crippen LogP contribution in [-0.4, -0.2) is 28.2 Å². The first-order valence-corrected chi connectivity index (χ1v) is 6.16. The van der Waals surface area contributed by atoms with Gasteiger partial charge in [0.15, 0.2) is 0 Å². The van der Waals surface area contributed by atoms with Crippen molar-refractivity contribution in [3.63, 3.8) is 0 Å². The summed E-state index contributed by atoms with van der Waals surface area (Å²) in [5, 5.41) is 9.80. The highest BCUT2D eigenvalue weighted by Gasteiger charge is 2.32. The minimum absolute atomic E-state index is 0.0800. The van der Waals surface area contributed by atoms with Gasteiger partial charge in [0.1, 0.15) is 5.60 Å². The van der Waals surface area contributed by atoms with Crippen molar-refractivity contribution in [1.82, 2.24) is 0 Å². The molecule has 0 bridgehead atoms. The van der Waals surface area contributed by atoms with Crippen LogP contribution in [0.3, 0.4) is 0 Å². The smallest absolute Gasteiger partial charge is 0.405 e. The van der Waals surface area contributed by atoms with E-state index in [2.05, 4.69) is 12.6 Å². The number of aliphatic hydroxyl groups is 1. The molecule has 1 fully saturated rings. The second kappa shape index (κ2) is 5.27. The fourth-order valence-corrected chi connectivity index (χ4v) is 2.68. The summed E-state index contributed by atoms with van der Waals surface area (Å²) in [6.07, 6.45) is 2.27. The summed E-state index contributed by atoms with van der Waals surface area (Å²) in [4.78, 5) is 10.7. The van der Waals surface area contributed by atoms with Crippen molar-refractivity contribution in [3.05, 3.63) is 0 Å². The molecule has 0 aliphatic heterocycles. The predicted octanol–water partition coefficient (Wildman–Crippen LogP) is 1.71. The molecule has 3 N–H and O–H groups in total. The zero-order chi connectivity index (χ0) is 12.3. The quantitative estimate of drug-likeness (QED) is 0.665. The average Bonchev–Trinajstić information content (AvgIpc) is 2.08. The molecule has 0 spiro atoms. The molecule has 1 aliphatic carbocycles. The minimum Gasteiger partial charge on any atom is -0.444 e. The highest BCUT2D eigenvalue weighted by atomic mass is 32.1. The summed E-state index contributed by atoms with van der Waals surface area (Å²) in [6, 6.07) is 0. The van der Waals surface area contributed by atoms with Gasteiger partial charge < -0.3 is 15.6 Å². The van der Waals surface area contributed by atoms with Crippen LogP contribution in [-0.2, 0) is 4.74 Å². The Morgan fingerprint density at radius 3 is 2.69 bits per heavy atom. The first-order chi connectivity index (χ1) is 7.30. The largest absolute Gasteiger partial charge is 0.444 e. The Kier molecular flexibility index (Phi) is 4.50. The molecule has 1 saturated carbocycles. The number of thiol groups is 1. The lowest BCUT2D eigenvalue weighted by Crippen LogP contribution is -2.37. The number of hydrogen-bond acceptors (Lipinski definition) is 4. The van der Waals surface area contributed by atoms with E-state index in [0.29, 0.717) is 5.92 Å². The van der Waals surface area contributed by atoms with E-state index in [-0.39, 0.29) is 11.4 Å². The third-order valence-corrected chi connectivity index (χ3v) is 3.65. The lowest BCUT2D eigenvalue weighted by Gasteiger charge is -2.35. The monoisotopic (exact) mass is 247 g/mol. The summed E-state index contributed by atoms with van der Waals surface area (Å²) in [5.74, 6) is 0.368.